The lowest BCUT2D eigenvalue weighted by Gasteiger charge is -2.33. The second-order valence-corrected chi connectivity index (χ2v) is 9.56. The minimum absolute atomic E-state index is 0.00463. The third-order valence-electron chi connectivity index (χ3n) is 6.57. The number of nitrogens with one attached hydrogen (secondary N) is 1. The smallest absolute Gasteiger partial charge is 0.322 e. The Labute approximate surface area is 219 Å². The molecule has 1 saturated heterocycles. The number of aliphatic hydroxyl groups excluding tert-OH is 1. The molecule has 10 heteroatoms. The number of aliphatic hydroxyl groups is 1. The van der Waals surface area contributed by atoms with Crippen molar-refractivity contribution < 1.29 is 24.9 Å². The molecule has 1 amide bonds. The number of aliphatic carboxylic acids is 1. The Morgan fingerprint density at radius 2 is 1.81 bits per heavy atom. The van der Waals surface area contributed by atoms with E-state index in [-0.39, 0.29) is 23.7 Å². The van der Waals surface area contributed by atoms with Crippen LogP contribution in [0.1, 0.15) is 40.4 Å². The maximum atomic E-state index is 12.3. The van der Waals surface area contributed by atoms with Gasteiger partial charge >= 0.3 is 5.97 Å². The van der Waals surface area contributed by atoms with Crippen LogP contribution in [-0.4, -0.2) is 56.8 Å². The van der Waals surface area contributed by atoms with Gasteiger partial charge in [0.1, 0.15) is 12.4 Å². The van der Waals surface area contributed by atoms with Crippen molar-refractivity contribution in [2.24, 2.45) is 5.92 Å². The number of hydrogen-bond donors (Lipinski definition) is 4. The molecule has 0 atom stereocenters. The summed E-state index contributed by atoms with van der Waals surface area (Å²) in [6.45, 7) is 2.69. The van der Waals surface area contributed by atoms with E-state index >= 15 is 0 Å². The van der Waals surface area contributed by atoms with Crippen molar-refractivity contribution in [3.63, 3.8) is 0 Å². The maximum absolute atomic E-state index is 12.3. The SMILES string of the molecule is Cc1nc(CC2CCN(c3ccc(-c4ccc(CO)cc4)c(Cl)c3)CC2)nc(C(=O)NCC(=O)O)c1O. The second kappa shape index (κ2) is 11.6. The van der Waals surface area contributed by atoms with Gasteiger partial charge in [-0.25, -0.2) is 9.97 Å². The number of halogens is 1. The Kier molecular flexibility index (Phi) is 8.25. The first-order valence-electron chi connectivity index (χ1n) is 12.1. The van der Waals surface area contributed by atoms with E-state index in [0.29, 0.717) is 23.2 Å². The molecule has 1 aliphatic heterocycles. The number of nitrogens with zero attached hydrogens (tertiary/aromatic N) is 3. The second-order valence-electron chi connectivity index (χ2n) is 9.15. The number of amides is 1. The number of aryl methyl sites for hydroxylation is 1. The van der Waals surface area contributed by atoms with Gasteiger partial charge < -0.3 is 25.5 Å². The number of aromatic hydroxyl groups is 1. The van der Waals surface area contributed by atoms with E-state index in [1.807, 2.05) is 36.4 Å². The van der Waals surface area contributed by atoms with Gasteiger partial charge in [0, 0.05) is 30.8 Å². The molecule has 9 nitrogen and oxygen atoms in total. The summed E-state index contributed by atoms with van der Waals surface area (Å²) in [6.07, 6.45) is 2.34. The molecule has 1 aromatic heterocycles. The first kappa shape index (κ1) is 26.4. The number of rotatable bonds is 8. The summed E-state index contributed by atoms with van der Waals surface area (Å²) in [5.41, 5.74) is 3.91. The van der Waals surface area contributed by atoms with Gasteiger partial charge in [-0.05, 0) is 48.9 Å². The van der Waals surface area contributed by atoms with Gasteiger partial charge in [-0.15, -0.1) is 0 Å². The van der Waals surface area contributed by atoms with Crippen molar-refractivity contribution in [3.8, 4) is 16.9 Å². The summed E-state index contributed by atoms with van der Waals surface area (Å²) in [5, 5.41) is 31.1. The number of carbonyl (C=O) groups excluding carboxylic acids is 1. The molecule has 3 aromatic rings. The van der Waals surface area contributed by atoms with Crippen molar-refractivity contribution in [2.45, 2.75) is 32.8 Å². The fraction of sp³-hybridized carbons (Fsp3) is 0.333. The number of anilines is 1. The van der Waals surface area contributed by atoms with Gasteiger partial charge in [-0.2, -0.15) is 0 Å². The topological polar surface area (TPSA) is 136 Å². The molecular formula is C27H29ClN4O5. The quantitative estimate of drug-likeness (QED) is 0.351. The zero-order valence-electron chi connectivity index (χ0n) is 20.4. The van der Waals surface area contributed by atoms with Crippen LogP contribution in [0.4, 0.5) is 5.69 Å². The summed E-state index contributed by atoms with van der Waals surface area (Å²) < 4.78 is 0. The molecule has 4 rings (SSSR count). The van der Waals surface area contributed by atoms with E-state index in [9.17, 15) is 19.8 Å². The van der Waals surface area contributed by atoms with Crippen molar-refractivity contribution in [2.75, 3.05) is 24.5 Å². The molecule has 2 heterocycles. The summed E-state index contributed by atoms with van der Waals surface area (Å²) >= 11 is 6.62. The zero-order valence-corrected chi connectivity index (χ0v) is 21.2. The van der Waals surface area contributed by atoms with Crippen LogP contribution in [0.3, 0.4) is 0 Å². The molecule has 0 unspecified atom stereocenters. The summed E-state index contributed by atoms with van der Waals surface area (Å²) in [7, 11) is 0. The molecular weight excluding hydrogens is 496 g/mol. The van der Waals surface area contributed by atoms with E-state index in [0.717, 1.165) is 48.3 Å². The number of aromatic nitrogens is 2. The molecule has 2 aromatic carbocycles. The molecule has 0 bridgehead atoms. The van der Waals surface area contributed by atoms with Gasteiger partial charge in [0.05, 0.1) is 17.3 Å². The van der Waals surface area contributed by atoms with Crippen molar-refractivity contribution >= 4 is 29.2 Å². The van der Waals surface area contributed by atoms with Crippen LogP contribution < -0.4 is 10.2 Å². The molecule has 0 radical (unpaired) electrons. The van der Waals surface area contributed by atoms with E-state index in [4.69, 9.17) is 16.7 Å². The lowest BCUT2D eigenvalue weighted by molar-refractivity contribution is -0.135. The molecule has 37 heavy (non-hydrogen) atoms. The van der Waals surface area contributed by atoms with Crippen LogP contribution >= 0.6 is 11.6 Å². The molecule has 194 valence electrons. The zero-order chi connectivity index (χ0) is 26.5. The molecule has 0 spiro atoms. The molecule has 0 saturated carbocycles. The number of carboxylic acids is 1. The normalized spacial score (nSPS) is 14.0. The van der Waals surface area contributed by atoms with Gasteiger partial charge in [0.25, 0.3) is 5.91 Å². The van der Waals surface area contributed by atoms with Crippen molar-refractivity contribution in [1.29, 1.82) is 0 Å². The lowest BCUT2D eigenvalue weighted by Crippen LogP contribution is -2.34. The van der Waals surface area contributed by atoms with Gasteiger partial charge in [-0.3, -0.25) is 9.59 Å². The van der Waals surface area contributed by atoms with Gasteiger partial charge in [-0.1, -0.05) is 41.9 Å². The largest absolute Gasteiger partial charge is 0.504 e. The van der Waals surface area contributed by atoms with E-state index in [2.05, 4.69) is 26.3 Å². The fourth-order valence-corrected chi connectivity index (χ4v) is 4.78. The van der Waals surface area contributed by atoms with E-state index in [1.54, 1.807) is 6.92 Å². The predicted molar refractivity (Wildman–Crippen MR) is 140 cm³/mol. The highest BCUT2D eigenvalue weighted by Crippen LogP contribution is 2.34. The molecule has 0 aliphatic carbocycles. The van der Waals surface area contributed by atoms with Crippen molar-refractivity contribution in [1.82, 2.24) is 15.3 Å². The first-order valence-corrected chi connectivity index (χ1v) is 12.4. The first-order chi connectivity index (χ1) is 17.7. The number of hydrogen-bond acceptors (Lipinski definition) is 7. The number of carbonyl (C=O) groups is 2. The highest BCUT2D eigenvalue weighted by Gasteiger charge is 2.24. The summed E-state index contributed by atoms with van der Waals surface area (Å²) in [6, 6.07) is 13.7. The van der Waals surface area contributed by atoms with Crippen LogP contribution in [-0.2, 0) is 17.8 Å². The third kappa shape index (κ3) is 6.36. The Balaban J connectivity index is 1.39. The average Bonchev–Trinajstić information content (AvgIpc) is 2.89. The predicted octanol–water partition coefficient (Wildman–Crippen LogP) is 3.58. The Morgan fingerprint density at radius 3 is 2.43 bits per heavy atom. The van der Waals surface area contributed by atoms with E-state index < -0.39 is 18.4 Å². The third-order valence-corrected chi connectivity index (χ3v) is 6.88. The Hall–Kier alpha value is -3.69. The molecule has 4 N–H and O–H groups in total. The monoisotopic (exact) mass is 524 g/mol. The summed E-state index contributed by atoms with van der Waals surface area (Å²) in [4.78, 5) is 33.9. The number of carboxylic acid groups (broad SMARTS) is 1. The van der Waals surface area contributed by atoms with Crippen LogP contribution in [0.25, 0.3) is 11.1 Å². The highest BCUT2D eigenvalue weighted by atomic mass is 35.5. The Morgan fingerprint density at radius 1 is 1.11 bits per heavy atom. The molecule has 1 aliphatic rings. The standard InChI is InChI=1S/C27H29ClN4O5/c1-16-26(36)25(27(37)29-14-24(34)35)31-23(30-16)12-17-8-10-32(11-9-17)20-6-7-21(22(28)13-20)19-4-2-18(15-33)3-5-19/h2-7,13,17,33,36H,8-12,14-15H2,1H3,(H,29,37)(H,34,35). The summed E-state index contributed by atoms with van der Waals surface area (Å²) in [5.74, 6) is -1.51. The van der Waals surface area contributed by atoms with Crippen LogP contribution in [0.2, 0.25) is 5.02 Å². The number of piperidine rings is 1. The lowest BCUT2D eigenvalue weighted by atomic mass is 9.92. The van der Waals surface area contributed by atoms with Crippen LogP contribution in [0, 0.1) is 12.8 Å². The minimum Gasteiger partial charge on any atom is -0.504 e. The van der Waals surface area contributed by atoms with E-state index in [1.165, 1.54) is 0 Å². The van der Waals surface area contributed by atoms with Gasteiger partial charge in [0.15, 0.2) is 11.4 Å². The highest BCUT2D eigenvalue weighted by molar-refractivity contribution is 6.33. The molecule has 1 fully saturated rings. The average molecular weight is 525 g/mol. The van der Waals surface area contributed by atoms with Crippen LogP contribution in [0.15, 0.2) is 42.5 Å². The fourth-order valence-electron chi connectivity index (χ4n) is 4.49. The van der Waals surface area contributed by atoms with Crippen LogP contribution in [0.5, 0.6) is 5.75 Å². The van der Waals surface area contributed by atoms with Crippen molar-refractivity contribution in [3.05, 3.63) is 70.3 Å². The minimum atomic E-state index is -1.18. The van der Waals surface area contributed by atoms with Gasteiger partial charge in [0.2, 0.25) is 0 Å². The number of benzene rings is 2. The Bertz CT molecular complexity index is 1290. The maximum Gasteiger partial charge on any atom is 0.322 e.